The number of hydrogen-bond donors (Lipinski definition) is 17. The van der Waals surface area contributed by atoms with E-state index in [0.717, 1.165) is 0 Å². The van der Waals surface area contributed by atoms with Gasteiger partial charge >= 0.3 is 0 Å². The Morgan fingerprint density at radius 1 is 0.304 bits per heavy atom. The molecular formula is C37H59O32-. The normalized spacial score (nSPS) is 53.3. The molecule has 22 fully saturated rings. The highest BCUT2D eigenvalue weighted by Gasteiger charge is 2.58. The van der Waals surface area contributed by atoms with E-state index in [1.807, 2.05) is 0 Å². The molecule has 22 heterocycles. The maximum absolute atomic E-state index is 11.3. The molecule has 0 unspecified atom stereocenters. The van der Waals surface area contributed by atoms with E-state index in [1.54, 1.807) is 0 Å². The van der Waals surface area contributed by atoms with Gasteiger partial charge in [-0.15, -0.1) is 0 Å². The summed E-state index contributed by atoms with van der Waals surface area (Å²) in [5.41, 5.74) is 0. The minimum absolute atomic E-state index is 1.02. The van der Waals surface area contributed by atoms with Crippen LogP contribution < -0.4 is 5.11 Å². The van der Waals surface area contributed by atoms with Crippen molar-refractivity contribution in [2.75, 3.05) is 39.6 Å². The Hall–Kier alpha value is -1.89. The van der Waals surface area contributed by atoms with Gasteiger partial charge in [0, 0.05) is 0 Å². The van der Waals surface area contributed by atoms with Crippen LogP contribution in [0.1, 0.15) is 0 Å². The highest BCUT2D eigenvalue weighted by molar-refractivity contribution is 5.54. The smallest absolute Gasteiger partial charge is 0.252 e. The van der Waals surface area contributed by atoms with Crippen LogP contribution in [0.25, 0.3) is 0 Å². The van der Waals surface area contributed by atoms with Gasteiger partial charge < -0.3 is 158 Å². The summed E-state index contributed by atoms with van der Waals surface area (Å²) in [6, 6.07) is 0. The first kappa shape index (κ1) is 54.9. The Balaban J connectivity index is 1.21. The van der Waals surface area contributed by atoms with Gasteiger partial charge in [0.25, 0.3) is 6.16 Å². The molecule has 32 heteroatoms. The molecule has 22 saturated heterocycles. The summed E-state index contributed by atoms with van der Waals surface area (Å²) in [6.07, 6.45) is -62.7. The molecule has 22 rings (SSSR count). The summed E-state index contributed by atoms with van der Waals surface area (Å²) in [7, 11) is 0. The lowest BCUT2D eigenvalue weighted by molar-refractivity contribution is -0.404. The predicted molar refractivity (Wildman–Crippen MR) is 200 cm³/mol. The first-order valence-corrected chi connectivity index (χ1v) is 21.7. The Morgan fingerprint density at radius 2 is 0.478 bits per heavy atom. The molecule has 0 amide bonds. The van der Waals surface area contributed by atoms with Gasteiger partial charge in [0.1, 0.15) is 146 Å². The first-order chi connectivity index (χ1) is 32.8. The summed E-state index contributed by atoms with van der Waals surface area (Å²) in [4.78, 5) is 11.3. The van der Waals surface area contributed by atoms with Crippen LogP contribution in [0, 0.1) is 0 Å². The third-order valence-corrected chi connectivity index (χ3v) is 12.9. The van der Waals surface area contributed by atoms with Gasteiger partial charge in [-0.2, -0.15) is 0 Å². The second-order valence-electron chi connectivity index (χ2n) is 17.2. The Kier molecular flexibility index (Phi) is 18.4. The maximum atomic E-state index is 11.3. The van der Waals surface area contributed by atoms with Crippen LogP contribution in [0.15, 0.2) is 0 Å². The highest BCUT2D eigenvalue weighted by Crippen LogP contribution is 2.38. The molecule has 22 aliphatic rings. The second kappa shape index (κ2) is 23.1. The number of hydrogen-bond acceptors (Lipinski definition) is 32. The van der Waals surface area contributed by atoms with E-state index >= 15 is 0 Å². The lowest BCUT2D eigenvalue weighted by atomic mass is 9.94. The summed E-state index contributed by atoms with van der Waals surface area (Å²) in [6.45, 7) is -6.28. The number of aliphatic hydroxyl groups is 17. The van der Waals surface area contributed by atoms with Crippen molar-refractivity contribution < 1.29 is 158 Å². The van der Waals surface area contributed by atoms with E-state index in [-0.39, 0.29) is 0 Å². The predicted octanol–water partition coefficient (Wildman–Crippen LogP) is -13.7. The molecule has 17 N–H and O–H groups in total. The third kappa shape index (κ3) is 11.0. The zero-order chi connectivity index (χ0) is 50.3. The fourth-order valence-electron chi connectivity index (χ4n) is 9.07. The van der Waals surface area contributed by atoms with Crippen LogP contribution >= 0.6 is 0 Å². The van der Waals surface area contributed by atoms with E-state index in [2.05, 4.69) is 4.74 Å². The highest BCUT2D eigenvalue weighted by atomic mass is 16.8. The number of carbonyl (C=O) groups excluding carboxylic acids is 1. The number of carbonyl (C=O) groups is 1. The van der Waals surface area contributed by atoms with Gasteiger partial charge in [-0.25, -0.2) is 0 Å². The van der Waals surface area contributed by atoms with Crippen molar-refractivity contribution in [1.82, 2.24) is 0 Å². The number of rotatable bonds is 7. The van der Waals surface area contributed by atoms with Crippen molar-refractivity contribution in [3.05, 3.63) is 0 Å². The third-order valence-electron chi connectivity index (χ3n) is 12.9. The van der Waals surface area contributed by atoms with Crippen molar-refractivity contribution in [2.45, 2.75) is 184 Å². The van der Waals surface area contributed by atoms with Crippen molar-refractivity contribution in [3.8, 4) is 0 Å². The van der Waals surface area contributed by atoms with Crippen LogP contribution in [-0.2, 0) is 61.6 Å². The number of aliphatic hydroxyl groups excluding tert-OH is 17. The molecular weight excluding hydrogens is 956 g/mol. The van der Waals surface area contributed by atoms with Gasteiger partial charge in [-0.3, -0.25) is 0 Å². The molecule has 0 saturated carbocycles. The van der Waals surface area contributed by atoms with Crippen molar-refractivity contribution in [2.24, 2.45) is 0 Å². The van der Waals surface area contributed by atoms with Crippen molar-refractivity contribution >= 4 is 6.16 Å². The van der Waals surface area contributed by atoms with E-state index in [1.165, 1.54) is 0 Å². The van der Waals surface area contributed by atoms with E-state index in [9.17, 15) is 96.7 Å². The standard InChI is InChI=1S/C37H60O32/c38-1-7-25-13(43)19(49)31(58-7)65-26-8(2-39)60-33(21(51)15(26)45)67-28-10(4-41)62-35(23(53)17(28)47)69-30-12(6-57-37(55)56)63-36(24(54)18(30)48)68-29-11(5-42)61-34(22(52)16(29)46)66-27-9(3-40)59-32(64-25)20(50)14(27)44/h7-36,38-54H,1-6H2,(H,55,56)/p-1/t7-,8-,9-,10-,11-,12-,13-,14-,15-,16-,17-,18-,19-,20-,21-,22-,23-,24-,25-,26-,27-,28-,29-,30-,31-,32-,33-,34-,35-,36-/m1/s1. The molecule has 32 nitrogen and oxygen atoms in total. The molecule has 0 radical (unpaired) electrons. The minimum Gasteiger partial charge on any atom is -0.547 e. The van der Waals surface area contributed by atoms with E-state index < -0.39 is 230 Å². The molecule has 400 valence electrons. The summed E-state index contributed by atoms with van der Waals surface area (Å²) in [5, 5.41) is 197. The largest absolute Gasteiger partial charge is 0.547 e. The number of carboxylic acid groups (broad SMARTS) is 1. The van der Waals surface area contributed by atoms with Crippen molar-refractivity contribution in [1.29, 1.82) is 0 Å². The van der Waals surface area contributed by atoms with E-state index in [0.29, 0.717) is 0 Å². The van der Waals surface area contributed by atoms with Gasteiger partial charge in [0.15, 0.2) is 37.7 Å². The molecule has 0 aliphatic carbocycles. The molecule has 0 aromatic carbocycles. The van der Waals surface area contributed by atoms with Gasteiger partial charge in [-0.1, -0.05) is 0 Å². The Morgan fingerprint density at radius 3 is 0.652 bits per heavy atom. The van der Waals surface area contributed by atoms with E-state index in [4.69, 9.17) is 56.8 Å². The zero-order valence-corrected chi connectivity index (χ0v) is 35.8. The zero-order valence-electron chi connectivity index (χ0n) is 35.8. The molecule has 22 aliphatic heterocycles. The summed E-state index contributed by atoms with van der Waals surface area (Å²) < 4.78 is 72.3. The monoisotopic (exact) mass is 1020 g/mol. The molecule has 12 bridgehead atoms. The topological polar surface area (TPSA) is 504 Å². The second-order valence-corrected chi connectivity index (χ2v) is 17.2. The lowest BCUT2D eigenvalue weighted by Crippen LogP contribution is -2.69. The van der Waals surface area contributed by atoms with Gasteiger partial charge in [0.2, 0.25) is 0 Å². The van der Waals surface area contributed by atoms with Gasteiger partial charge in [-0.05, 0) is 0 Å². The van der Waals surface area contributed by atoms with Crippen LogP contribution in [-0.4, -0.2) is 317 Å². The summed E-state index contributed by atoms with van der Waals surface area (Å²) in [5.74, 6) is 0. The maximum Gasteiger partial charge on any atom is 0.252 e. The van der Waals surface area contributed by atoms with Crippen LogP contribution in [0.3, 0.4) is 0 Å². The molecule has 30 atom stereocenters. The lowest BCUT2D eigenvalue weighted by Gasteiger charge is -2.50. The van der Waals surface area contributed by atoms with Crippen LogP contribution in [0.2, 0.25) is 0 Å². The molecule has 0 aromatic heterocycles. The average molecular weight is 1020 g/mol. The molecule has 0 spiro atoms. The fourth-order valence-corrected chi connectivity index (χ4v) is 9.07. The SMILES string of the molecule is O=C([O-])OC[C@H]1O[C@@H]2O[C@H]3[C@H](O)[C@@H](O)[C@@H](O[C@H]4[C@H](O)[C@@H](O)[C@@H](O[C@H]5[C@H](O)[C@@H](O)[C@@H](O[C@H]6[C@H](O)[C@@H](O)[C@@H](O[C@H]7[C@H](O)[C@@H](O)[C@@H](O[C@H]1[C@H](O)[C@H]2O)O[C@@H]7CO)O[C@@H]6CO)O[C@@H]5CO)O[C@@H]4CO)O[C@@H]3CO. The first-order valence-electron chi connectivity index (χ1n) is 21.7. The Labute approximate surface area is 388 Å². The van der Waals surface area contributed by atoms with Gasteiger partial charge in [0.05, 0.1) is 39.6 Å². The molecule has 0 aromatic rings. The average Bonchev–Trinajstić information content (AvgIpc) is 3.33. The number of ether oxygens (including phenoxy) is 13. The quantitative estimate of drug-likeness (QED) is 0.105. The van der Waals surface area contributed by atoms with Crippen LogP contribution in [0.4, 0.5) is 4.79 Å². The minimum atomic E-state index is -2.26. The fraction of sp³-hybridized carbons (Fsp3) is 0.973. The summed E-state index contributed by atoms with van der Waals surface area (Å²) >= 11 is 0. The molecule has 69 heavy (non-hydrogen) atoms. The Bertz CT molecular complexity index is 1630. The van der Waals surface area contributed by atoms with Crippen molar-refractivity contribution in [3.63, 3.8) is 0 Å². The van der Waals surface area contributed by atoms with Crippen LogP contribution in [0.5, 0.6) is 0 Å².